The second-order valence-electron chi connectivity index (χ2n) is 4.30. The lowest BCUT2D eigenvalue weighted by Gasteiger charge is -2.07. The molecule has 0 saturated heterocycles. The van der Waals surface area contributed by atoms with Gasteiger partial charge in [-0.05, 0) is 41.8 Å². The van der Waals surface area contributed by atoms with Gasteiger partial charge in [0.1, 0.15) is 0 Å². The van der Waals surface area contributed by atoms with Crippen molar-refractivity contribution in [2.24, 2.45) is 0 Å². The minimum atomic E-state index is -1.14. The Bertz CT molecular complexity index is 647. The highest BCUT2D eigenvalue weighted by molar-refractivity contribution is 9.10. The molecule has 4 nitrogen and oxygen atoms in total. The molecular weight excluding hydrogens is 324 g/mol. The Morgan fingerprint density at radius 3 is 2.00 bits per heavy atom. The van der Waals surface area contributed by atoms with Gasteiger partial charge >= 0.3 is 11.9 Å². The molecule has 20 heavy (non-hydrogen) atoms. The van der Waals surface area contributed by atoms with Crippen molar-refractivity contribution in [2.45, 2.75) is 6.42 Å². The Kier molecular flexibility index (Phi) is 4.20. The highest BCUT2D eigenvalue weighted by Crippen LogP contribution is 2.21. The van der Waals surface area contributed by atoms with Crippen molar-refractivity contribution in [2.75, 3.05) is 0 Å². The monoisotopic (exact) mass is 334 g/mol. The lowest BCUT2D eigenvalue weighted by atomic mass is 10.00. The number of carboxylic acid groups (broad SMARTS) is 2. The summed E-state index contributed by atoms with van der Waals surface area (Å²) in [5.74, 6) is -2.28. The fourth-order valence-corrected chi connectivity index (χ4v) is 2.33. The second kappa shape index (κ2) is 5.88. The van der Waals surface area contributed by atoms with Crippen LogP contribution in [0.3, 0.4) is 0 Å². The lowest BCUT2D eigenvalue weighted by Crippen LogP contribution is -2.04. The summed E-state index contributed by atoms with van der Waals surface area (Å²) >= 11 is 3.42. The Labute approximate surface area is 123 Å². The molecule has 0 aliphatic heterocycles. The number of rotatable bonds is 4. The Hall–Kier alpha value is -2.14. The Morgan fingerprint density at radius 2 is 1.50 bits per heavy atom. The van der Waals surface area contributed by atoms with Gasteiger partial charge in [0, 0.05) is 4.47 Å². The van der Waals surface area contributed by atoms with Crippen LogP contribution in [0.15, 0.2) is 46.9 Å². The minimum absolute atomic E-state index is 0.0213. The first-order valence-corrected chi connectivity index (χ1v) is 6.60. The number of benzene rings is 2. The van der Waals surface area contributed by atoms with E-state index in [2.05, 4.69) is 15.9 Å². The summed E-state index contributed by atoms with van der Waals surface area (Å²) in [4.78, 5) is 22.1. The summed E-state index contributed by atoms with van der Waals surface area (Å²) in [6.45, 7) is 0. The van der Waals surface area contributed by atoms with Crippen LogP contribution in [-0.2, 0) is 6.42 Å². The maximum absolute atomic E-state index is 11.0. The van der Waals surface area contributed by atoms with Crippen LogP contribution < -0.4 is 0 Å². The minimum Gasteiger partial charge on any atom is -0.478 e. The van der Waals surface area contributed by atoms with Crippen LogP contribution in [0.1, 0.15) is 31.8 Å². The number of hydrogen-bond acceptors (Lipinski definition) is 2. The van der Waals surface area contributed by atoms with Crippen LogP contribution in [0.25, 0.3) is 0 Å². The standard InChI is InChI=1S/C15H11BrO4/c16-13-4-2-1-3-10(13)5-9-6-11(14(17)18)8-12(7-9)15(19)20/h1-4,6-8H,5H2,(H,17,18)(H,19,20). The fraction of sp³-hybridized carbons (Fsp3) is 0.0667. The molecule has 0 heterocycles. The highest BCUT2D eigenvalue weighted by Gasteiger charge is 2.12. The number of halogens is 1. The molecule has 0 spiro atoms. The van der Waals surface area contributed by atoms with E-state index in [0.717, 1.165) is 16.1 Å². The molecule has 2 rings (SSSR count). The van der Waals surface area contributed by atoms with E-state index in [1.165, 1.54) is 12.1 Å². The summed E-state index contributed by atoms with van der Waals surface area (Å²) < 4.78 is 0.901. The second-order valence-corrected chi connectivity index (χ2v) is 5.15. The van der Waals surface area contributed by atoms with Gasteiger partial charge in [-0.15, -0.1) is 0 Å². The number of aromatic carboxylic acids is 2. The van der Waals surface area contributed by atoms with Gasteiger partial charge in [0.25, 0.3) is 0 Å². The van der Waals surface area contributed by atoms with Gasteiger partial charge in [0.05, 0.1) is 11.1 Å². The molecule has 2 N–H and O–H groups in total. The van der Waals surface area contributed by atoms with Crippen molar-refractivity contribution in [1.82, 2.24) is 0 Å². The van der Waals surface area contributed by atoms with E-state index in [0.29, 0.717) is 12.0 Å². The van der Waals surface area contributed by atoms with Crippen molar-refractivity contribution in [3.8, 4) is 0 Å². The number of hydrogen-bond donors (Lipinski definition) is 2. The third kappa shape index (κ3) is 3.24. The van der Waals surface area contributed by atoms with E-state index >= 15 is 0 Å². The van der Waals surface area contributed by atoms with Crippen molar-refractivity contribution in [1.29, 1.82) is 0 Å². The van der Waals surface area contributed by atoms with E-state index in [4.69, 9.17) is 10.2 Å². The molecule has 0 bridgehead atoms. The molecule has 2 aromatic rings. The summed E-state index contributed by atoms with van der Waals surface area (Å²) in [7, 11) is 0. The average molecular weight is 335 g/mol. The molecule has 0 aromatic heterocycles. The van der Waals surface area contributed by atoms with Gasteiger partial charge in [0.2, 0.25) is 0 Å². The molecule has 0 aliphatic carbocycles. The average Bonchev–Trinajstić information content (AvgIpc) is 2.41. The molecule has 0 fully saturated rings. The van der Waals surface area contributed by atoms with Gasteiger partial charge in [0.15, 0.2) is 0 Å². The van der Waals surface area contributed by atoms with Crippen molar-refractivity contribution in [3.05, 3.63) is 69.2 Å². The van der Waals surface area contributed by atoms with Gasteiger partial charge in [-0.2, -0.15) is 0 Å². The first kappa shape index (κ1) is 14.3. The van der Waals surface area contributed by atoms with E-state index in [1.807, 2.05) is 24.3 Å². The zero-order valence-electron chi connectivity index (χ0n) is 10.3. The maximum atomic E-state index is 11.0. The van der Waals surface area contributed by atoms with E-state index in [1.54, 1.807) is 0 Å². The van der Waals surface area contributed by atoms with Crippen molar-refractivity contribution in [3.63, 3.8) is 0 Å². The molecule has 0 saturated carbocycles. The van der Waals surface area contributed by atoms with Crippen LogP contribution in [0.2, 0.25) is 0 Å². The molecule has 0 unspecified atom stereocenters. The molecule has 102 valence electrons. The molecule has 2 aromatic carbocycles. The Morgan fingerprint density at radius 1 is 0.950 bits per heavy atom. The smallest absolute Gasteiger partial charge is 0.335 e. The van der Waals surface area contributed by atoms with Gasteiger partial charge in [-0.1, -0.05) is 34.1 Å². The quantitative estimate of drug-likeness (QED) is 0.898. The largest absolute Gasteiger partial charge is 0.478 e. The predicted molar refractivity (Wildman–Crippen MR) is 77.3 cm³/mol. The van der Waals surface area contributed by atoms with E-state index in [9.17, 15) is 9.59 Å². The molecule has 0 aliphatic rings. The fourth-order valence-electron chi connectivity index (χ4n) is 1.90. The number of carboxylic acids is 2. The van der Waals surface area contributed by atoms with E-state index < -0.39 is 11.9 Å². The van der Waals surface area contributed by atoms with Gasteiger partial charge < -0.3 is 10.2 Å². The molecular formula is C15H11BrO4. The summed E-state index contributed by atoms with van der Waals surface area (Å²) in [6.07, 6.45) is 0.461. The SMILES string of the molecule is O=C(O)c1cc(Cc2ccccc2Br)cc(C(=O)O)c1. The highest BCUT2D eigenvalue weighted by atomic mass is 79.9. The third-order valence-electron chi connectivity index (χ3n) is 2.84. The number of carbonyl (C=O) groups is 2. The first-order valence-electron chi connectivity index (χ1n) is 5.81. The third-order valence-corrected chi connectivity index (χ3v) is 3.61. The zero-order valence-corrected chi connectivity index (χ0v) is 11.9. The zero-order chi connectivity index (χ0) is 14.7. The van der Waals surface area contributed by atoms with Crippen LogP contribution in [0, 0.1) is 0 Å². The van der Waals surface area contributed by atoms with E-state index in [-0.39, 0.29) is 11.1 Å². The van der Waals surface area contributed by atoms with Crippen molar-refractivity contribution < 1.29 is 19.8 Å². The van der Waals surface area contributed by atoms with Gasteiger partial charge in [-0.3, -0.25) is 0 Å². The van der Waals surface area contributed by atoms with Crippen molar-refractivity contribution >= 4 is 27.9 Å². The van der Waals surface area contributed by atoms with Gasteiger partial charge in [-0.25, -0.2) is 9.59 Å². The van der Waals surface area contributed by atoms with Crippen LogP contribution in [0.5, 0.6) is 0 Å². The first-order chi connectivity index (χ1) is 9.47. The maximum Gasteiger partial charge on any atom is 0.335 e. The topological polar surface area (TPSA) is 74.6 Å². The van der Waals surface area contributed by atoms with Crippen LogP contribution in [-0.4, -0.2) is 22.2 Å². The molecule has 0 amide bonds. The normalized spacial score (nSPS) is 10.2. The molecule has 0 atom stereocenters. The lowest BCUT2D eigenvalue weighted by molar-refractivity contribution is 0.0696. The summed E-state index contributed by atoms with van der Waals surface area (Å²) in [6, 6.07) is 11.7. The predicted octanol–water partition coefficient (Wildman–Crippen LogP) is 3.44. The Balaban J connectivity index is 2.43. The summed E-state index contributed by atoms with van der Waals surface area (Å²) in [5, 5.41) is 18.1. The molecule has 5 heteroatoms. The van der Waals surface area contributed by atoms with Crippen LogP contribution in [0.4, 0.5) is 0 Å². The summed E-state index contributed by atoms with van der Waals surface area (Å²) in [5.41, 5.74) is 1.57. The van der Waals surface area contributed by atoms with Crippen LogP contribution >= 0.6 is 15.9 Å². The molecule has 0 radical (unpaired) electrons.